The molecule has 3 aliphatic rings. The quantitative estimate of drug-likeness (QED) is 0.356. The van der Waals surface area contributed by atoms with Crippen molar-refractivity contribution in [2.45, 2.75) is 56.8 Å². The first-order chi connectivity index (χ1) is 21.8. The van der Waals surface area contributed by atoms with Crippen LogP contribution >= 0.6 is 0 Å². The minimum Gasteiger partial charge on any atom is -0.459 e. The van der Waals surface area contributed by atoms with E-state index < -0.39 is 17.7 Å². The number of carbonyl (C=O) groups is 2. The molecule has 2 amide bonds. The zero-order chi connectivity index (χ0) is 31.6. The number of benzene rings is 2. The minimum atomic E-state index is -0.730. The van der Waals surface area contributed by atoms with Crippen molar-refractivity contribution in [1.82, 2.24) is 19.6 Å². The standard InChI is InChI=1S/C34H41N5O6/c1-24-30(32(42)39(36(24)2)27-13-7-4-8-14-27)25-21-28(45-29(22-25)44-20-10-9-19-40)31(41)37-17-15-34(16-18-37)33(43)35-23-38(34)26-11-5-3-6-12-26/h3-8,11-14,21,25,29,40H,9-10,15-20,22-23H2,1-2H3,(H,35,43). The summed E-state index contributed by atoms with van der Waals surface area (Å²) in [6.45, 7) is 3.53. The van der Waals surface area contributed by atoms with Crippen LogP contribution in [0.25, 0.3) is 5.69 Å². The van der Waals surface area contributed by atoms with Gasteiger partial charge < -0.3 is 29.7 Å². The number of hydrogen-bond acceptors (Lipinski definition) is 7. The Morgan fingerprint density at radius 1 is 1.02 bits per heavy atom. The van der Waals surface area contributed by atoms with Gasteiger partial charge in [0.15, 0.2) is 5.76 Å². The molecule has 2 aromatic carbocycles. The molecule has 2 unspecified atom stereocenters. The van der Waals surface area contributed by atoms with Gasteiger partial charge in [-0.15, -0.1) is 0 Å². The lowest BCUT2D eigenvalue weighted by Crippen LogP contribution is -2.57. The number of hydrogen-bond donors (Lipinski definition) is 2. The molecule has 2 saturated heterocycles. The van der Waals surface area contributed by atoms with Crippen molar-refractivity contribution in [3.05, 3.63) is 94.1 Å². The number of piperidine rings is 1. The Kier molecular flexibility index (Phi) is 8.82. The van der Waals surface area contributed by atoms with Crippen molar-refractivity contribution in [3.8, 4) is 5.69 Å². The molecule has 6 rings (SSSR count). The first kappa shape index (κ1) is 30.7. The molecule has 45 heavy (non-hydrogen) atoms. The lowest BCUT2D eigenvalue weighted by Gasteiger charge is -2.43. The van der Waals surface area contributed by atoms with Gasteiger partial charge in [0.25, 0.3) is 11.5 Å². The predicted octanol–water partition coefficient (Wildman–Crippen LogP) is 2.94. The average Bonchev–Trinajstić information content (AvgIpc) is 3.50. The van der Waals surface area contributed by atoms with Crippen LogP contribution in [0.5, 0.6) is 0 Å². The van der Waals surface area contributed by atoms with Gasteiger partial charge in [-0.1, -0.05) is 36.4 Å². The van der Waals surface area contributed by atoms with Crippen molar-refractivity contribution in [1.29, 1.82) is 0 Å². The van der Waals surface area contributed by atoms with Crippen LogP contribution in [0.15, 0.2) is 77.3 Å². The number of anilines is 1. The zero-order valence-corrected chi connectivity index (χ0v) is 25.9. The molecule has 1 spiro atoms. The number of rotatable bonds is 9. The van der Waals surface area contributed by atoms with Crippen LogP contribution in [0.1, 0.15) is 49.3 Å². The van der Waals surface area contributed by atoms with Crippen LogP contribution in [0.4, 0.5) is 5.69 Å². The minimum absolute atomic E-state index is 0.0164. The van der Waals surface area contributed by atoms with Crippen molar-refractivity contribution >= 4 is 17.5 Å². The molecule has 3 aromatic rings. The van der Waals surface area contributed by atoms with Gasteiger partial charge in [-0.3, -0.25) is 19.1 Å². The molecule has 0 aliphatic carbocycles. The molecule has 2 fully saturated rings. The van der Waals surface area contributed by atoms with E-state index in [0.717, 1.165) is 17.1 Å². The lowest BCUT2D eigenvalue weighted by atomic mass is 9.85. The summed E-state index contributed by atoms with van der Waals surface area (Å²) < 4.78 is 15.7. The van der Waals surface area contributed by atoms with Crippen LogP contribution < -0.4 is 15.8 Å². The van der Waals surface area contributed by atoms with Gasteiger partial charge in [-0.05, 0) is 62.9 Å². The van der Waals surface area contributed by atoms with Crippen LogP contribution in [-0.2, 0) is 26.1 Å². The number of ether oxygens (including phenoxy) is 2. The maximum atomic E-state index is 14.0. The molecule has 11 nitrogen and oxygen atoms in total. The molecule has 238 valence electrons. The van der Waals surface area contributed by atoms with Crippen LogP contribution in [-0.4, -0.2) is 76.0 Å². The Balaban J connectivity index is 1.26. The average molecular weight is 616 g/mol. The van der Waals surface area contributed by atoms with Crippen LogP contribution in [0.3, 0.4) is 0 Å². The fourth-order valence-electron chi connectivity index (χ4n) is 6.82. The third-order valence-corrected chi connectivity index (χ3v) is 9.38. The molecule has 3 aliphatic heterocycles. The number of likely N-dealkylation sites (tertiary alicyclic amines) is 1. The largest absolute Gasteiger partial charge is 0.459 e. The molecule has 0 bridgehead atoms. The van der Waals surface area contributed by atoms with E-state index in [9.17, 15) is 19.5 Å². The number of unbranched alkanes of at least 4 members (excludes halogenated alkanes) is 1. The normalized spacial score (nSPS) is 21.0. The number of para-hydroxylation sites is 2. The number of amides is 2. The molecule has 0 radical (unpaired) electrons. The number of nitrogens with one attached hydrogen (secondary N) is 1. The van der Waals surface area contributed by atoms with Gasteiger partial charge in [0.1, 0.15) is 5.54 Å². The van der Waals surface area contributed by atoms with Gasteiger partial charge >= 0.3 is 0 Å². The topological polar surface area (TPSA) is 118 Å². The summed E-state index contributed by atoms with van der Waals surface area (Å²) in [7, 11) is 1.85. The lowest BCUT2D eigenvalue weighted by molar-refractivity contribution is -0.154. The SMILES string of the molecule is Cc1c(C2C=C(C(=O)N3CCC4(CC3)C(=O)NCN4c3ccccc3)OC(OCCCCO)C2)c(=O)n(-c2ccccc2)n1C. The number of carbonyl (C=O) groups excluding carboxylic acids is 2. The maximum Gasteiger partial charge on any atom is 0.288 e. The number of aromatic nitrogens is 2. The van der Waals surface area contributed by atoms with Gasteiger partial charge in [-0.25, -0.2) is 4.68 Å². The Morgan fingerprint density at radius 2 is 1.69 bits per heavy atom. The van der Waals surface area contributed by atoms with Gasteiger partial charge in [-0.2, -0.15) is 0 Å². The third kappa shape index (κ3) is 5.78. The molecule has 2 atom stereocenters. The molecule has 1 aromatic heterocycles. The monoisotopic (exact) mass is 615 g/mol. The summed E-state index contributed by atoms with van der Waals surface area (Å²) in [5.41, 5.74) is 2.25. The highest BCUT2D eigenvalue weighted by molar-refractivity contribution is 5.95. The van der Waals surface area contributed by atoms with E-state index in [1.165, 1.54) is 0 Å². The van der Waals surface area contributed by atoms with E-state index in [4.69, 9.17) is 9.47 Å². The van der Waals surface area contributed by atoms with Gasteiger partial charge in [0, 0.05) is 56.0 Å². The molecule has 2 N–H and O–H groups in total. The fraction of sp³-hybridized carbons (Fsp3) is 0.441. The molecule has 4 heterocycles. The Bertz CT molecular complexity index is 1610. The predicted molar refractivity (Wildman–Crippen MR) is 169 cm³/mol. The van der Waals surface area contributed by atoms with Crippen molar-refractivity contribution in [3.63, 3.8) is 0 Å². The second-order valence-electron chi connectivity index (χ2n) is 11.9. The molecule has 0 saturated carbocycles. The van der Waals surface area contributed by atoms with Crippen LogP contribution in [0.2, 0.25) is 0 Å². The van der Waals surface area contributed by atoms with E-state index >= 15 is 0 Å². The number of allylic oxidation sites excluding steroid dienone is 1. The Morgan fingerprint density at radius 3 is 2.36 bits per heavy atom. The molecular weight excluding hydrogens is 574 g/mol. The van der Waals surface area contributed by atoms with Gasteiger partial charge in [0.05, 0.1) is 19.0 Å². The third-order valence-electron chi connectivity index (χ3n) is 9.38. The van der Waals surface area contributed by atoms with E-state index in [0.29, 0.717) is 64.0 Å². The molecule has 11 heteroatoms. The summed E-state index contributed by atoms with van der Waals surface area (Å²) in [4.78, 5) is 44.9. The van der Waals surface area contributed by atoms with Crippen LogP contribution in [0, 0.1) is 6.92 Å². The van der Waals surface area contributed by atoms with Crippen molar-refractivity contribution in [2.24, 2.45) is 7.05 Å². The summed E-state index contributed by atoms with van der Waals surface area (Å²) in [6, 6.07) is 19.3. The number of aliphatic hydroxyl groups excluding tert-OH is 1. The summed E-state index contributed by atoms with van der Waals surface area (Å²) in [5.74, 6) is -0.550. The van der Waals surface area contributed by atoms with Crippen molar-refractivity contribution < 1.29 is 24.2 Å². The summed E-state index contributed by atoms with van der Waals surface area (Å²) >= 11 is 0. The Labute approximate surface area is 262 Å². The highest BCUT2D eigenvalue weighted by Crippen LogP contribution is 2.38. The maximum absolute atomic E-state index is 14.0. The zero-order valence-electron chi connectivity index (χ0n) is 25.9. The first-order valence-electron chi connectivity index (χ1n) is 15.7. The Hall–Kier alpha value is -4.35. The summed E-state index contributed by atoms with van der Waals surface area (Å²) in [5, 5.41) is 12.2. The second kappa shape index (κ2) is 12.9. The van der Waals surface area contributed by atoms with Crippen molar-refractivity contribution in [2.75, 3.05) is 37.9 Å². The first-order valence-corrected chi connectivity index (χ1v) is 15.7. The highest BCUT2D eigenvalue weighted by atomic mass is 16.7. The summed E-state index contributed by atoms with van der Waals surface area (Å²) in [6.07, 6.45) is 3.62. The number of aliphatic hydroxyl groups is 1. The molecular formula is C34H41N5O6. The fourth-order valence-corrected chi connectivity index (χ4v) is 6.82. The van der Waals surface area contributed by atoms with E-state index in [2.05, 4.69) is 10.2 Å². The van der Waals surface area contributed by atoms with E-state index in [1.54, 1.807) is 15.7 Å². The second-order valence-corrected chi connectivity index (χ2v) is 11.9. The van der Waals surface area contributed by atoms with E-state index in [1.807, 2.05) is 79.3 Å². The number of nitrogens with zero attached hydrogens (tertiary/aromatic N) is 4. The van der Waals surface area contributed by atoms with Gasteiger partial charge in [0.2, 0.25) is 12.2 Å². The van der Waals surface area contributed by atoms with E-state index in [-0.39, 0.29) is 29.7 Å². The smallest absolute Gasteiger partial charge is 0.288 e. The highest BCUT2D eigenvalue weighted by Gasteiger charge is 2.51.